The molecule has 26 heavy (non-hydrogen) atoms. The summed E-state index contributed by atoms with van der Waals surface area (Å²) < 4.78 is 11.1. The highest BCUT2D eigenvalue weighted by molar-refractivity contribution is 5.76. The van der Waals surface area contributed by atoms with E-state index in [0.29, 0.717) is 49.7 Å². The molecule has 1 saturated carbocycles. The predicted molar refractivity (Wildman–Crippen MR) is 96.2 cm³/mol. The molecule has 0 aromatic carbocycles. The zero-order chi connectivity index (χ0) is 18.2. The number of aryl methyl sites for hydroxylation is 1. The Bertz CT molecular complexity index is 689. The average molecular weight is 358 g/mol. The summed E-state index contributed by atoms with van der Waals surface area (Å²) in [6.07, 6.45) is 9.34. The molecule has 2 atom stereocenters. The summed E-state index contributed by atoms with van der Waals surface area (Å²) >= 11 is 0. The van der Waals surface area contributed by atoms with Crippen molar-refractivity contribution in [2.75, 3.05) is 13.2 Å². The van der Waals surface area contributed by atoms with Crippen molar-refractivity contribution in [3.63, 3.8) is 0 Å². The van der Waals surface area contributed by atoms with Gasteiger partial charge in [0.1, 0.15) is 0 Å². The lowest BCUT2D eigenvalue weighted by atomic mass is 9.88. The maximum atomic E-state index is 11.9. The highest BCUT2D eigenvalue weighted by Gasteiger charge is 2.21. The number of amides is 1. The molecule has 0 saturated heterocycles. The molecular weight excluding hydrogens is 332 g/mol. The van der Waals surface area contributed by atoms with Gasteiger partial charge in [-0.15, -0.1) is 0 Å². The second-order valence-corrected chi connectivity index (χ2v) is 6.77. The maximum absolute atomic E-state index is 11.9. The Morgan fingerprint density at radius 3 is 3.08 bits per heavy atom. The Hall–Kier alpha value is -2.28. The first-order valence-corrected chi connectivity index (χ1v) is 9.33. The van der Waals surface area contributed by atoms with Crippen molar-refractivity contribution in [2.45, 2.75) is 51.6 Å². The van der Waals surface area contributed by atoms with Gasteiger partial charge in [0.2, 0.25) is 17.6 Å². The molecule has 140 valence electrons. The number of aromatic nitrogens is 3. The zero-order valence-corrected chi connectivity index (χ0v) is 15.2. The third-order valence-corrected chi connectivity index (χ3v) is 4.74. The van der Waals surface area contributed by atoms with E-state index in [0.717, 1.165) is 12.0 Å². The first kappa shape index (κ1) is 18.5. The molecule has 0 bridgehead atoms. The fraction of sp³-hybridized carbons (Fsp3) is 0.579. The number of rotatable bonds is 8. The molecule has 0 spiro atoms. The Balaban J connectivity index is 1.33. The second kappa shape index (κ2) is 9.43. The van der Waals surface area contributed by atoms with E-state index in [1.807, 2.05) is 12.1 Å². The van der Waals surface area contributed by atoms with Crippen molar-refractivity contribution in [3.8, 4) is 11.4 Å². The summed E-state index contributed by atoms with van der Waals surface area (Å²) in [6, 6.07) is 3.68. The fourth-order valence-corrected chi connectivity index (χ4v) is 3.21. The van der Waals surface area contributed by atoms with Gasteiger partial charge in [0, 0.05) is 37.3 Å². The highest BCUT2D eigenvalue weighted by atomic mass is 16.5. The van der Waals surface area contributed by atoms with Crippen LogP contribution in [0.25, 0.3) is 11.4 Å². The molecule has 2 unspecified atom stereocenters. The summed E-state index contributed by atoms with van der Waals surface area (Å²) in [5, 5.41) is 6.80. The van der Waals surface area contributed by atoms with Gasteiger partial charge in [-0.2, -0.15) is 4.98 Å². The Labute approximate surface area is 153 Å². The van der Waals surface area contributed by atoms with Gasteiger partial charge in [0.15, 0.2) is 0 Å². The van der Waals surface area contributed by atoms with Gasteiger partial charge in [-0.25, -0.2) is 0 Å². The van der Waals surface area contributed by atoms with Gasteiger partial charge in [-0.1, -0.05) is 24.9 Å². The van der Waals surface area contributed by atoms with E-state index in [2.05, 4.69) is 27.4 Å². The minimum absolute atomic E-state index is 0.0357. The fourth-order valence-electron chi connectivity index (χ4n) is 3.21. The Morgan fingerprint density at radius 1 is 1.38 bits per heavy atom. The molecule has 0 radical (unpaired) electrons. The Morgan fingerprint density at radius 2 is 2.27 bits per heavy atom. The van der Waals surface area contributed by atoms with Gasteiger partial charge in [-0.05, 0) is 30.9 Å². The van der Waals surface area contributed by atoms with Crippen molar-refractivity contribution in [1.82, 2.24) is 20.4 Å². The molecular formula is C19H26N4O3. The molecule has 1 N–H and O–H groups in total. The minimum atomic E-state index is -0.0357. The van der Waals surface area contributed by atoms with Gasteiger partial charge in [-0.3, -0.25) is 9.78 Å². The summed E-state index contributed by atoms with van der Waals surface area (Å²) in [7, 11) is 0. The van der Waals surface area contributed by atoms with Crippen LogP contribution in [-0.4, -0.2) is 40.3 Å². The SMILES string of the molecule is CC1CCCCC1OCCNC(=O)CCc1nc(-c2cccnc2)no1. The molecule has 1 aliphatic carbocycles. The van der Waals surface area contributed by atoms with Crippen LogP contribution in [0.3, 0.4) is 0 Å². The van der Waals surface area contributed by atoms with Crippen molar-refractivity contribution in [2.24, 2.45) is 5.92 Å². The first-order chi connectivity index (χ1) is 12.7. The zero-order valence-electron chi connectivity index (χ0n) is 15.2. The number of hydrogen-bond acceptors (Lipinski definition) is 6. The van der Waals surface area contributed by atoms with Crippen molar-refractivity contribution in [1.29, 1.82) is 0 Å². The van der Waals surface area contributed by atoms with Crippen LogP contribution in [0.5, 0.6) is 0 Å². The van der Waals surface area contributed by atoms with E-state index in [-0.39, 0.29) is 5.91 Å². The summed E-state index contributed by atoms with van der Waals surface area (Å²) in [4.78, 5) is 20.3. The van der Waals surface area contributed by atoms with Crippen LogP contribution >= 0.6 is 0 Å². The van der Waals surface area contributed by atoms with Crippen LogP contribution in [0.15, 0.2) is 29.0 Å². The lowest BCUT2D eigenvalue weighted by Crippen LogP contribution is -2.31. The molecule has 1 fully saturated rings. The molecule has 0 aliphatic heterocycles. The quantitative estimate of drug-likeness (QED) is 0.730. The highest BCUT2D eigenvalue weighted by Crippen LogP contribution is 2.25. The normalized spacial score (nSPS) is 20.0. The lowest BCUT2D eigenvalue weighted by molar-refractivity contribution is -0.121. The summed E-state index contributed by atoms with van der Waals surface area (Å²) in [5.41, 5.74) is 0.793. The van der Waals surface area contributed by atoms with Crippen LogP contribution in [0.2, 0.25) is 0 Å². The summed E-state index contributed by atoms with van der Waals surface area (Å²) in [6.45, 7) is 3.34. The monoisotopic (exact) mass is 358 g/mol. The molecule has 2 aromatic rings. The number of ether oxygens (including phenoxy) is 1. The molecule has 3 rings (SSSR count). The third kappa shape index (κ3) is 5.36. The topological polar surface area (TPSA) is 90.1 Å². The largest absolute Gasteiger partial charge is 0.376 e. The van der Waals surface area contributed by atoms with Crippen LogP contribution in [0, 0.1) is 5.92 Å². The van der Waals surface area contributed by atoms with E-state index in [1.54, 1.807) is 12.4 Å². The maximum Gasteiger partial charge on any atom is 0.227 e. The van der Waals surface area contributed by atoms with Crippen LogP contribution in [0.4, 0.5) is 0 Å². The minimum Gasteiger partial charge on any atom is -0.376 e. The van der Waals surface area contributed by atoms with Crippen LogP contribution in [0.1, 0.15) is 44.9 Å². The number of pyridine rings is 1. The predicted octanol–water partition coefficient (Wildman–Crippen LogP) is 2.78. The second-order valence-electron chi connectivity index (χ2n) is 6.77. The number of carbonyl (C=O) groups is 1. The molecule has 2 heterocycles. The number of hydrogen-bond donors (Lipinski definition) is 1. The molecule has 1 aliphatic rings. The van der Waals surface area contributed by atoms with Crippen molar-refractivity contribution >= 4 is 5.91 Å². The van der Waals surface area contributed by atoms with Gasteiger partial charge in [0.25, 0.3) is 0 Å². The van der Waals surface area contributed by atoms with Crippen LogP contribution in [-0.2, 0) is 16.0 Å². The molecule has 1 amide bonds. The molecule has 7 heteroatoms. The van der Waals surface area contributed by atoms with E-state index in [4.69, 9.17) is 9.26 Å². The van der Waals surface area contributed by atoms with E-state index in [1.165, 1.54) is 19.3 Å². The van der Waals surface area contributed by atoms with E-state index >= 15 is 0 Å². The molecule has 7 nitrogen and oxygen atoms in total. The average Bonchev–Trinajstić information content (AvgIpc) is 3.15. The van der Waals surface area contributed by atoms with Gasteiger partial charge >= 0.3 is 0 Å². The first-order valence-electron chi connectivity index (χ1n) is 9.33. The number of nitrogens with zero attached hydrogens (tertiary/aromatic N) is 3. The lowest BCUT2D eigenvalue weighted by Gasteiger charge is -2.28. The number of nitrogens with one attached hydrogen (secondary N) is 1. The van der Waals surface area contributed by atoms with Gasteiger partial charge < -0.3 is 14.6 Å². The smallest absolute Gasteiger partial charge is 0.227 e. The molecule has 2 aromatic heterocycles. The van der Waals surface area contributed by atoms with Gasteiger partial charge in [0.05, 0.1) is 12.7 Å². The van der Waals surface area contributed by atoms with E-state index < -0.39 is 0 Å². The Kier molecular flexibility index (Phi) is 6.71. The number of carbonyl (C=O) groups excluding carboxylic acids is 1. The summed E-state index contributed by atoms with van der Waals surface area (Å²) in [5.74, 6) is 1.52. The van der Waals surface area contributed by atoms with Crippen molar-refractivity contribution in [3.05, 3.63) is 30.4 Å². The van der Waals surface area contributed by atoms with E-state index in [9.17, 15) is 4.79 Å². The standard InChI is InChI=1S/C19H26N4O3/c1-14-5-2-3-7-16(14)25-12-11-21-17(24)8-9-18-22-19(23-26-18)15-6-4-10-20-13-15/h4,6,10,13-14,16H,2-3,5,7-9,11-12H2,1H3,(H,21,24). The third-order valence-electron chi connectivity index (χ3n) is 4.74. The van der Waals surface area contributed by atoms with Crippen molar-refractivity contribution < 1.29 is 14.1 Å². The van der Waals surface area contributed by atoms with Crippen LogP contribution < -0.4 is 5.32 Å².